The largest absolute Gasteiger partial charge is 0.381 e. The zero-order chi connectivity index (χ0) is 12.1. The van der Waals surface area contributed by atoms with E-state index in [1.807, 2.05) is 0 Å². The van der Waals surface area contributed by atoms with Gasteiger partial charge in [-0.15, -0.1) is 0 Å². The molecule has 0 aromatic heterocycles. The normalized spacial score (nSPS) is 21.6. The first-order chi connectivity index (χ1) is 8.25. The molecule has 0 aliphatic carbocycles. The smallest absolute Gasteiger partial charge is 0.0509 e. The van der Waals surface area contributed by atoms with Crippen molar-refractivity contribution < 1.29 is 4.74 Å². The molecular formula is C15H23NO. The van der Waals surface area contributed by atoms with Gasteiger partial charge >= 0.3 is 0 Å². The van der Waals surface area contributed by atoms with E-state index in [0.29, 0.717) is 12.0 Å². The second-order valence-electron chi connectivity index (χ2n) is 5.11. The molecule has 0 saturated carbocycles. The molecule has 1 heterocycles. The summed E-state index contributed by atoms with van der Waals surface area (Å²) in [4.78, 5) is 0. The molecule has 1 aromatic rings. The van der Waals surface area contributed by atoms with Gasteiger partial charge in [-0.1, -0.05) is 29.8 Å². The van der Waals surface area contributed by atoms with Gasteiger partial charge < -0.3 is 10.1 Å². The third-order valence-corrected chi connectivity index (χ3v) is 3.63. The summed E-state index contributed by atoms with van der Waals surface area (Å²) in [5.74, 6) is 0.701. The summed E-state index contributed by atoms with van der Waals surface area (Å²) in [5.41, 5.74) is 2.77. The van der Waals surface area contributed by atoms with Gasteiger partial charge in [-0.25, -0.2) is 0 Å². The lowest BCUT2D eigenvalue weighted by atomic mass is 10.0. The van der Waals surface area contributed by atoms with Gasteiger partial charge in [-0.2, -0.15) is 0 Å². The molecule has 1 N–H and O–H groups in total. The summed E-state index contributed by atoms with van der Waals surface area (Å²) in [7, 11) is 0. The number of aryl methyl sites for hydroxylation is 1. The lowest BCUT2D eigenvalue weighted by Crippen LogP contribution is -2.35. The van der Waals surface area contributed by atoms with Crippen LogP contribution in [0.5, 0.6) is 0 Å². The van der Waals surface area contributed by atoms with Crippen LogP contribution in [-0.4, -0.2) is 25.8 Å². The maximum absolute atomic E-state index is 5.42. The van der Waals surface area contributed by atoms with Crippen molar-refractivity contribution in [3.63, 3.8) is 0 Å². The number of benzene rings is 1. The van der Waals surface area contributed by atoms with Crippen LogP contribution < -0.4 is 5.32 Å². The van der Waals surface area contributed by atoms with Gasteiger partial charge in [0, 0.05) is 12.6 Å². The second-order valence-corrected chi connectivity index (χ2v) is 5.11. The molecule has 1 saturated heterocycles. The predicted octanol–water partition coefficient (Wildman–Crippen LogP) is 2.55. The van der Waals surface area contributed by atoms with Crippen LogP contribution in [0, 0.1) is 12.8 Å². The van der Waals surface area contributed by atoms with Gasteiger partial charge in [0.25, 0.3) is 0 Å². The Balaban J connectivity index is 1.71. The summed E-state index contributed by atoms with van der Waals surface area (Å²) >= 11 is 0. The number of hydrogen-bond donors (Lipinski definition) is 1. The summed E-state index contributed by atoms with van der Waals surface area (Å²) in [6.45, 7) is 7.35. The van der Waals surface area contributed by atoms with E-state index in [2.05, 4.69) is 43.4 Å². The van der Waals surface area contributed by atoms with E-state index in [0.717, 1.165) is 26.2 Å². The fraction of sp³-hybridized carbons (Fsp3) is 0.600. The standard InChI is InChI=1S/C15H23NO/c1-12-4-3-5-14(10-12)6-8-16-13(2)15-7-9-17-11-15/h3-5,10,13,15-16H,6-9,11H2,1-2H3. The van der Waals surface area contributed by atoms with Gasteiger partial charge in [-0.05, 0) is 44.7 Å². The first-order valence-electron chi connectivity index (χ1n) is 6.62. The highest BCUT2D eigenvalue weighted by molar-refractivity contribution is 5.22. The van der Waals surface area contributed by atoms with Crippen LogP contribution in [0.2, 0.25) is 0 Å². The summed E-state index contributed by atoms with van der Waals surface area (Å²) in [5, 5.41) is 3.61. The average Bonchev–Trinajstić information content (AvgIpc) is 2.82. The van der Waals surface area contributed by atoms with Crippen LogP contribution >= 0.6 is 0 Å². The SMILES string of the molecule is Cc1cccc(CCNC(C)C2CCOC2)c1. The van der Waals surface area contributed by atoms with Gasteiger partial charge in [0.1, 0.15) is 0 Å². The van der Waals surface area contributed by atoms with Gasteiger partial charge in [0.15, 0.2) is 0 Å². The maximum Gasteiger partial charge on any atom is 0.0509 e. The van der Waals surface area contributed by atoms with E-state index in [9.17, 15) is 0 Å². The number of rotatable bonds is 5. The summed E-state index contributed by atoms with van der Waals surface area (Å²) < 4.78 is 5.42. The van der Waals surface area contributed by atoms with E-state index < -0.39 is 0 Å². The molecule has 2 unspecified atom stereocenters. The Morgan fingerprint density at radius 1 is 1.47 bits per heavy atom. The highest BCUT2D eigenvalue weighted by atomic mass is 16.5. The van der Waals surface area contributed by atoms with Crippen molar-refractivity contribution in [2.24, 2.45) is 5.92 Å². The van der Waals surface area contributed by atoms with Gasteiger partial charge in [-0.3, -0.25) is 0 Å². The molecule has 1 aliphatic heterocycles. The molecule has 17 heavy (non-hydrogen) atoms. The van der Waals surface area contributed by atoms with Crippen LogP contribution in [0.15, 0.2) is 24.3 Å². The zero-order valence-electron chi connectivity index (χ0n) is 10.9. The van der Waals surface area contributed by atoms with Crippen LogP contribution in [0.3, 0.4) is 0 Å². The van der Waals surface area contributed by atoms with E-state index in [1.54, 1.807) is 0 Å². The summed E-state index contributed by atoms with van der Waals surface area (Å²) in [6.07, 6.45) is 2.32. The molecule has 94 valence electrons. The third kappa shape index (κ3) is 3.83. The van der Waals surface area contributed by atoms with Crippen LogP contribution in [0.4, 0.5) is 0 Å². The molecule has 1 aromatic carbocycles. The Morgan fingerprint density at radius 3 is 3.06 bits per heavy atom. The highest BCUT2D eigenvalue weighted by Crippen LogP contribution is 2.16. The van der Waals surface area contributed by atoms with Gasteiger partial charge in [0.2, 0.25) is 0 Å². The van der Waals surface area contributed by atoms with Crippen LogP contribution in [-0.2, 0) is 11.2 Å². The molecule has 0 bridgehead atoms. The van der Waals surface area contributed by atoms with Crippen molar-refractivity contribution in [3.8, 4) is 0 Å². The molecule has 2 heteroatoms. The topological polar surface area (TPSA) is 21.3 Å². The maximum atomic E-state index is 5.42. The van der Waals surface area contributed by atoms with Crippen molar-refractivity contribution in [1.29, 1.82) is 0 Å². The quantitative estimate of drug-likeness (QED) is 0.844. The van der Waals surface area contributed by atoms with Crippen molar-refractivity contribution in [1.82, 2.24) is 5.32 Å². The number of hydrogen-bond acceptors (Lipinski definition) is 2. The molecule has 1 aliphatic rings. The van der Waals surface area contributed by atoms with Crippen molar-refractivity contribution >= 4 is 0 Å². The van der Waals surface area contributed by atoms with E-state index in [1.165, 1.54) is 17.5 Å². The van der Waals surface area contributed by atoms with Crippen molar-refractivity contribution in [3.05, 3.63) is 35.4 Å². The van der Waals surface area contributed by atoms with E-state index >= 15 is 0 Å². The van der Waals surface area contributed by atoms with E-state index in [-0.39, 0.29) is 0 Å². The summed E-state index contributed by atoms with van der Waals surface area (Å²) in [6, 6.07) is 9.33. The molecule has 0 amide bonds. The minimum atomic E-state index is 0.572. The molecule has 2 rings (SSSR count). The molecule has 2 nitrogen and oxygen atoms in total. The molecule has 2 atom stereocenters. The monoisotopic (exact) mass is 233 g/mol. The molecule has 1 fully saturated rings. The molecule has 0 radical (unpaired) electrons. The molecular weight excluding hydrogens is 210 g/mol. The Labute approximate surface area is 104 Å². The second kappa shape index (κ2) is 6.18. The minimum absolute atomic E-state index is 0.572. The van der Waals surface area contributed by atoms with Crippen LogP contribution in [0.25, 0.3) is 0 Å². The number of nitrogens with one attached hydrogen (secondary N) is 1. The van der Waals surface area contributed by atoms with Crippen molar-refractivity contribution in [2.75, 3.05) is 19.8 Å². The molecule has 0 spiro atoms. The minimum Gasteiger partial charge on any atom is -0.381 e. The Kier molecular flexibility index (Phi) is 4.57. The Bertz CT molecular complexity index is 345. The fourth-order valence-corrected chi connectivity index (χ4v) is 2.43. The Morgan fingerprint density at radius 2 is 2.35 bits per heavy atom. The number of ether oxygens (including phenoxy) is 1. The first-order valence-corrected chi connectivity index (χ1v) is 6.62. The highest BCUT2D eigenvalue weighted by Gasteiger charge is 2.21. The van der Waals surface area contributed by atoms with E-state index in [4.69, 9.17) is 4.74 Å². The van der Waals surface area contributed by atoms with Gasteiger partial charge in [0.05, 0.1) is 6.61 Å². The average molecular weight is 233 g/mol. The Hall–Kier alpha value is -0.860. The third-order valence-electron chi connectivity index (χ3n) is 3.63. The fourth-order valence-electron chi connectivity index (χ4n) is 2.43. The predicted molar refractivity (Wildman–Crippen MR) is 71.3 cm³/mol. The van der Waals surface area contributed by atoms with Crippen LogP contribution in [0.1, 0.15) is 24.5 Å². The lowest BCUT2D eigenvalue weighted by molar-refractivity contribution is 0.178. The lowest BCUT2D eigenvalue weighted by Gasteiger charge is -2.19. The first kappa shape index (κ1) is 12.6. The zero-order valence-corrected chi connectivity index (χ0v) is 10.9. The van der Waals surface area contributed by atoms with Crippen molar-refractivity contribution in [2.45, 2.75) is 32.7 Å².